The standard InChI is InChI=1S/C21H27N5O3/c1-3-25(12-17-22-16-10-5-4-9-15(16)18(27)23-17)13-26-19(28)21(24-20(26)29)11-7-6-8-14(21)2/h4-5,9-10,14H,3,6-8,11-13H2,1-2H3,(H,24,29)(H,22,23,27)/p+1/t14-,21-/m0/s1. The number of hydrogen-bond acceptors (Lipinski definition) is 4. The first-order valence-electron chi connectivity index (χ1n) is 10.4. The van der Waals surface area contributed by atoms with Crippen molar-refractivity contribution < 1.29 is 14.5 Å². The highest BCUT2D eigenvalue weighted by molar-refractivity contribution is 6.07. The number of carbonyl (C=O) groups excluding carboxylic acids is 2. The number of aromatic amines is 1. The number of imide groups is 1. The Labute approximate surface area is 169 Å². The van der Waals surface area contributed by atoms with Gasteiger partial charge in [-0.2, -0.15) is 0 Å². The van der Waals surface area contributed by atoms with E-state index in [1.165, 1.54) is 4.90 Å². The second kappa shape index (κ2) is 7.59. The van der Waals surface area contributed by atoms with Gasteiger partial charge in [0.15, 0.2) is 12.5 Å². The van der Waals surface area contributed by atoms with Gasteiger partial charge in [-0.05, 0) is 37.8 Å². The smallest absolute Gasteiger partial charge is 0.323 e. The summed E-state index contributed by atoms with van der Waals surface area (Å²) in [7, 11) is 0. The third-order valence-corrected chi connectivity index (χ3v) is 6.46. The highest BCUT2D eigenvalue weighted by Crippen LogP contribution is 2.37. The lowest BCUT2D eigenvalue weighted by Gasteiger charge is -2.36. The summed E-state index contributed by atoms with van der Waals surface area (Å²) >= 11 is 0. The summed E-state index contributed by atoms with van der Waals surface area (Å²) in [4.78, 5) is 47.9. The van der Waals surface area contributed by atoms with E-state index >= 15 is 0 Å². The summed E-state index contributed by atoms with van der Waals surface area (Å²) in [6.07, 6.45) is 3.71. The average Bonchev–Trinajstić information content (AvgIpc) is 2.94. The molecule has 1 aromatic carbocycles. The fourth-order valence-corrected chi connectivity index (χ4v) is 4.61. The van der Waals surface area contributed by atoms with E-state index in [1.54, 1.807) is 6.07 Å². The summed E-state index contributed by atoms with van der Waals surface area (Å²) in [6.45, 7) is 5.42. The molecule has 1 unspecified atom stereocenters. The second-order valence-electron chi connectivity index (χ2n) is 8.25. The van der Waals surface area contributed by atoms with E-state index in [2.05, 4.69) is 22.2 Å². The van der Waals surface area contributed by atoms with Crippen molar-refractivity contribution in [3.05, 3.63) is 40.4 Å². The molecule has 8 nitrogen and oxygen atoms in total. The van der Waals surface area contributed by atoms with Gasteiger partial charge in [-0.15, -0.1) is 0 Å². The summed E-state index contributed by atoms with van der Waals surface area (Å²) < 4.78 is 0. The molecule has 3 N–H and O–H groups in total. The van der Waals surface area contributed by atoms with Crippen LogP contribution in [0.5, 0.6) is 0 Å². The van der Waals surface area contributed by atoms with Crippen molar-refractivity contribution >= 4 is 22.8 Å². The van der Waals surface area contributed by atoms with Crippen molar-refractivity contribution in [2.24, 2.45) is 5.92 Å². The number of nitrogens with zero attached hydrogens (tertiary/aromatic N) is 2. The van der Waals surface area contributed by atoms with Crippen LogP contribution in [-0.4, -0.2) is 45.6 Å². The van der Waals surface area contributed by atoms with Gasteiger partial charge in [0.1, 0.15) is 12.1 Å². The van der Waals surface area contributed by atoms with E-state index in [1.807, 2.05) is 25.1 Å². The summed E-state index contributed by atoms with van der Waals surface area (Å²) in [5.74, 6) is 0.584. The van der Waals surface area contributed by atoms with Crippen molar-refractivity contribution in [3.8, 4) is 0 Å². The lowest BCUT2D eigenvalue weighted by Crippen LogP contribution is -3.12. The van der Waals surface area contributed by atoms with Crippen LogP contribution in [-0.2, 0) is 11.3 Å². The number of nitrogens with one attached hydrogen (secondary N) is 3. The van der Waals surface area contributed by atoms with Gasteiger partial charge in [0.2, 0.25) is 0 Å². The largest absolute Gasteiger partial charge is 0.329 e. The number of urea groups is 1. The first kappa shape index (κ1) is 19.6. The Balaban J connectivity index is 1.53. The number of fused-ring (bicyclic) bond motifs is 1. The van der Waals surface area contributed by atoms with Gasteiger partial charge in [-0.1, -0.05) is 31.9 Å². The summed E-state index contributed by atoms with van der Waals surface area (Å²) in [5.41, 5.74) is -0.276. The monoisotopic (exact) mass is 398 g/mol. The van der Waals surface area contributed by atoms with Crippen LogP contribution >= 0.6 is 0 Å². The van der Waals surface area contributed by atoms with Gasteiger partial charge in [-0.3, -0.25) is 9.59 Å². The predicted octanol–water partition coefficient (Wildman–Crippen LogP) is 0.786. The molecule has 1 saturated heterocycles. The highest BCUT2D eigenvalue weighted by Gasteiger charge is 2.55. The highest BCUT2D eigenvalue weighted by atomic mass is 16.2. The Bertz CT molecular complexity index is 1000. The fourth-order valence-electron chi connectivity index (χ4n) is 4.61. The van der Waals surface area contributed by atoms with Crippen LogP contribution in [0.1, 0.15) is 45.4 Å². The van der Waals surface area contributed by atoms with Gasteiger partial charge in [0.25, 0.3) is 11.5 Å². The maximum atomic E-state index is 13.2. The molecule has 4 rings (SSSR count). The topological polar surface area (TPSA) is 99.6 Å². The van der Waals surface area contributed by atoms with Gasteiger partial charge in [-0.25, -0.2) is 14.7 Å². The minimum atomic E-state index is -0.746. The summed E-state index contributed by atoms with van der Waals surface area (Å²) in [6, 6.07) is 6.90. The van der Waals surface area contributed by atoms with Crippen LogP contribution < -0.4 is 15.8 Å². The van der Waals surface area contributed by atoms with Crippen LogP contribution in [0.25, 0.3) is 10.9 Å². The Morgan fingerprint density at radius 1 is 1.24 bits per heavy atom. The molecule has 2 aliphatic rings. The van der Waals surface area contributed by atoms with Crippen LogP contribution in [0, 0.1) is 5.92 Å². The molecule has 0 bridgehead atoms. The molecule has 1 saturated carbocycles. The quantitative estimate of drug-likeness (QED) is 0.649. The molecule has 2 fully saturated rings. The normalized spacial score (nSPS) is 25.6. The van der Waals surface area contributed by atoms with E-state index < -0.39 is 5.54 Å². The lowest BCUT2D eigenvalue weighted by atomic mass is 9.73. The Hall–Kier alpha value is -2.74. The number of rotatable bonds is 5. The molecular weight excluding hydrogens is 370 g/mol. The van der Waals surface area contributed by atoms with Crippen molar-refractivity contribution in [1.82, 2.24) is 20.2 Å². The number of para-hydroxylation sites is 1. The molecule has 2 heterocycles. The predicted molar refractivity (Wildman–Crippen MR) is 108 cm³/mol. The lowest BCUT2D eigenvalue weighted by molar-refractivity contribution is -0.919. The molecule has 8 heteroatoms. The molecule has 3 amide bonds. The van der Waals surface area contributed by atoms with Crippen molar-refractivity contribution in [3.63, 3.8) is 0 Å². The first-order chi connectivity index (χ1) is 13.9. The molecule has 1 aliphatic heterocycles. The third kappa shape index (κ3) is 3.42. The SMILES string of the molecule is CC[NH+](Cc1nc2ccccc2c(=O)[nH]1)CN1C(=O)N[C@]2(CCCC[C@@H]2C)C1=O. The minimum absolute atomic E-state index is 0.111. The number of amides is 3. The number of quaternary nitrogens is 1. The minimum Gasteiger partial charge on any atom is -0.323 e. The van der Waals surface area contributed by atoms with E-state index in [9.17, 15) is 14.4 Å². The number of benzene rings is 1. The molecule has 29 heavy (non-hydrogen) atoms. The van der Waals surface area contributed by atoms with E-state index in [0.717, 1.165) is 24.2 Å². The molecule has 1 aliphatic carbocycles. The zero-order valence-corrected chi connectivity index (χ0v) is 17.0. The van der Waals surface area contributed by atoms with Gasteiger partial charge in [0, 0.05) is 0 Å². The zero-order valence-electron chi connectivity index (χ0n) is 17.0. The van der Waals surface area contributed by atoms with Crippen molar-refractivity contribution in [2.45, 2.75) is 51.6 Å². The number of hydrogen-bond donors (Lipinski definition) is 3. The maximum Gasteiger partial charge on any atom is 0.329 e. The molecule has 3 atom stereocenters. The zero-order chi connectivity index (χ0) is 20.6. The van der Waals surface area contributed by atoms with Gasteiger partial charge >= 0.3 is 6.03 Å². The number of aromatic nitrogens is 2. The van der Waals surface area contributed by atoms with Crippen molar-refractivity contribution in [1.29, 1.82) is 0 Å². The Morgan fingerprint density at radius 3 is 2.79 bits per heavy atom. The summed E-state index contributed by atoms with van der Waals surface area (Å²) in [5, 5.41) is 3.55. The van der Waals surface area contributed by atoms with E-state index in [4.69, 9.17) is 0 Å². The molecular formula is C21H28N5O3+. The van der Waals surface area contributed by atoms with Crippen molar-refractivity contribution in [2.75, 3.05) is 13.2 Å². The third-order valence-electron chi connectivity index (χ3n) is 6.46. The molecule has 0 radical (unpaired) electrons. The number of carbonyl (C=O) groups is 2. The van der Waals surface area contributed by atoms with E-state index in [-0.39, 0.29) is 30.1 Å². The first-order valence-corrected chi connectivity index (χ1v) is 10.4. The second-order valence-corrected chi connectivity index (χ2v) is 8.25. The molecule has 2 aromatic rings. The average molecular weight is 398 g/mol. The molecule has 154 valence electrons. The Morgan fingerprint density at radius 2 is 2.03 bits per heavy atom. The van der Waals surface area contributed by atoms with Gasteiger partial charge < -0.3 is 15.2 Å². The number of H-pyrrole nitrogens is 1. The fraction of sp³-hybridized carbons (Fsp3) is 0.524. The van der Waals surface area contributed by atoms with Crippen LogP contribution in [0.15, 0.2) is 29.1 Å². The van der Waals surface area contributed by atoms with Crippen LogP contribution in [0.4, 0.5) is 4.79 Å². The maximum absolute atomic E-state index is 13.2. The van der Waals surface area contributed by atoms with Crippen LogP contribution in [0.2, 0.25) is 0 Å². The Kier molecular flexibility index (Phi) is 5.12. The van der Waals surface area contributed by atoms with Crippen LogP contribution in [0.3, 0.4) is 0 Å². The molecule has 1 spiro atoms. The molecule has 1 aromatic heterocycles. The van der Waals surface area contributed by atoms with Gasteiger partial charge in [0.05, 0.1) is 17.4 Å². The van der Waals surface area contributed by atoms with E-state index in [0.29, 0.717) is 36.2 Å².